The largest absolute Gasteiger partial charge is 0.323 e. The lowest BCUT2D eigenvalue weighted by molar-refractivity contribution is -0.127. The van der Waals surface area contributed by atoms with Crippen molar-refractivity contribution >= 4 is 11.9 Å². The Labute approximate surface area is 169 Å². The lowest BCUT2D eigenvalue weighted by atomic mass is 9.49. The van der Waals surface area contributed by atoms with Crippen LogP contribution >= 0.6 is 0 Å². The first-order valence-electron chi connectivity index (χ1n) is 11.3. The third-order valence-corrected chi connectivity index (χ3v) is 8.36. The molecular formula is C23H37N3O2. The molecule has 28 heavy (non-hydrogen) atoms. The fraction of sp³-hybridized carbons (Fsp3) is 0.826. The average molecular weight is 388 g/mol. The molecule has 2 N–H and O–H groups in total. The lowest BCUT2D eigenvalue weighted by Crippen LogP contribution is -2.56. The van der Waals surface area contributed by atoms with E-state index in [2.05, 4.69) is 49.3 Å². The number of carbonyl (C=O) groups is 2. The van der Waals surface area contributed by atoms with Gasteiger partial charge in [0.05, 0.1) is 0 Å². The Balaban J connectivity index is 1.38. The highest BCUT2D eigenvalue weighted by molar-refractivity contribution is 6.07. The molecule has 3 amide bonds. The topological polar surface area (TPSA) is 61.4 Å². The minimum Gasteiger partial charge on any atom is -0.323 e. The van der Waals surface area contributed by atoms with E-state index in [1.807, 2.05) is 0 Å². The van der Waals surface area contributed by atoms with Crippen molar-refractivity contribution in [3.8, 4) is 0 Å². The number of piperidine rings is 1. The molecule has 1 saturated carbocycles. The summed E-state index contributed by atoms with van der Waals surface area (Å²) in [4.78, 5) is 27.2. The molecule has 3 atom stereocenters. The predicted octanol–water partition coefficient (Wildman–Crippen LogP) is 3.71. The second-order valence-corrected chi connectivity index (χ2v) is 10.7. The van der Waals surface area contributed by atoms with Crippen LogP contribution in [0.3, 0.4) is 0 Å². The van der Waals surface area contributed by atoms with Crippen molar-refractivity contribution in [2.45, 2.75) is 71.8 Å². The molecule has 2 saturated heterocycles. The van der Waals surface area contributed by atoms with Crippen molar-refractivity contribution in [2.24, 2.45) is 29.1 Å². The fourth-order valence-corrected chi connectivity index (χ4v) is 6.19. The molecule has 3 aliphatic carbocycles. The molecule has 5 rings (SSSR count). The molecule has 156 valence electrons. The first-order chi connectivity index (χ1) is 13.2. The summed E-state index contributed by atoms with van der Waals surface area (Å²) in [6.07, 6.45) is 8.80. The van der Waals surface area contributed by atoms with Crippen LogP contribution in [0.2, 0.25) is 0 Å². The summed E-state index contributed by atoms with van der Waals surface area (Å²) in [7, 11) is 0. The second-order valence-electron chi connectivity index (χ2n) is 10.7. The Morgan fingerprint density at radius 3 is 2.43 bits per heavy atom. The molecule has 0 aromatic heterocycles. The van der Waals surface area contributed by atoms with Gasteiger partial charge in [0.25, 0.3) is 5.91 Å². The number of nitrogens with zero attached hydrogens (tertiary/aromatic N) is 1. The van der Waals surface area contributed by atoms with Crippen LogP contribution in [0.15, 0.2) is 11.6 Å². The van der Waals surface area contributed by atoms with Crippen LogP contribution in [0.5, 0.6) is 0 Å². The number of fused-ring (bicyclic) bond motifs is 1. The Bertz CT molecular complexity index is 675. The van der Waals surface area contributed by atoms with E-state index in [0.717, 1.165) is 57.2 Å². The van der Waals surface area contributed by atoms with Gasteiger partial charge < -0.3 is 5.32 Å². The highest BCUT2D eigenvalue weighted by Gasteiger charge is 2.53. The van der Waals surface area contributed by atoms with E-state index in [1.54, 1.807) is 5.57 Å². The molecule has 5 heteroatoms. The maximum Gasteiger partial charge on any atom is 0.322 e. The van der Waals surface area contributed by atoms with Crippen molar-refractivity contribution in [1.82, 2.24) is 15.5 Å². The Hall–Kier alpha value is -1.36. The lowest BCUT2D eigenvalue weighted by Gasteiger charge is -2.57. The first kappa shape index (κ1) is 19.9. The molecule has 0 spiro atoms. The van der Waals surface area contributed by atoms with Crippen LogP contribution in [0.1, 0.15) is 66.2 Å². The van der Waals surface area contributed by atoms with Crippen LogP contribution in [0.4, 0.5) is 4.79 Å². The van der Waals surface area contributed by atoms with Crippen molar-refractivity contribution in [2.75, 3.05) is 19.6 Å². The minimum absolute atomic E-state index is 0.103. The van der Waals surface area contributed by atoms with Gasteiger partial charge in [-0.25, -0.2) is 4.79 Å². The summed E-state index contributed by atoms with van der Waals surface area (Å²) < 4.78 is 0. The number of allylic oxidation sites excluding steroid dienone is 1. The van der Waals surface area contributed by atoms with E-state index in [4.69, 9.17) is 0 Å². The molecule has 0 aromatic rings. The van der Waals surface area contributed by atoms with Crippen LogP contribution in [-0.2, 0) is 4.79 Å². The second kappa shape index (κ2) is 7.16. The van der Waals surface area contributed by atoms with Gasteiger partial charge in [0.15, 0.2) is 0 Å². The van der Waals surface area contributed by atoms with Gasteiger partial charge in [-0.2, -0.15) is 0 Å². The van der Waals surface area contributed by atoms with Gasteiger partial charge in [0.1, 0.15) is 5.54 Å². The molecule has 2 aliphatic heterocycles. The van der Waals surface area contributed by atoms with Crippen molar-refractivity contribution < 1.29 is 9.59 Å². The third kappa shape index (κ3) is 3.30. The smallest absolute Gasteiger partial charge is 0.322 e. The number of amides is 3. The molecule has 2 bridgehead atoms. The highest BCUT2D eigenvalue weighted by atomic mass is 16.2. The number of nitrogens with one attached hydrogen (secondary N) is 2. The van der Waals surface area contributed by atoms with Crippen molar-refractivity contribution in [1.29, 1.82) is 0 Å². The maximum atomic E-state index is 12.7. The van der Waals surface area contributed by atoms with Crippen LogP contribution in [-0.4, -0.2) is 42.0 Å². The van der Waals surface area contributed by atoms with Crippen molar-refractivity contribution in [3.05, 3.63) is 11.6 Å². The molecular weight excluding hydrogens is 350 g/mol. The molecule has 5 aliphatic rings. The van der Waals surface area contributed by atoms with E-state index < -0.39 is 5.54 Å². The molecule has 0 radical (unpaired) electrons. The number of likely N-dealkylation sites (tertiary alicyclic amines) is 1. The SMILES string of the molecule is CC(C)CC[C@]1(C2CCN(CC3=CC[C@H]4C[C@@H]3C4(C)C)CC2)NC(=O)NC1=O. The number of imide groups is 1. The quantitative estimate of drug-likeness (QED) is 0.539. The van der Waals surface area contributed by atoms with Gasteiger partial charge in [-0.15, -0.1) is 0 Å². The summed E-state index contributed by atoms with van der Waals surface area (Å²) in [5, 5.41) is 5.55. The Morgan fingerprint density at radius 2 is 1.89 bits per heavy atom. The van der Waals surface area contributed by atoms with Crippen molar-refractivity contribution in [3.63, 3.8) is 0 Å². The number of carbonyl (C=O) groups excluding carboxylic acids is 2. The van der Waals surface area contributed by atoms with E-state index in [0.29, 0.717) is 11.3 Å². The van der Waals surface area contributed by atoms with Crippen LogP contribution < -0.4 is 10.6 Å². The minimum atomic E-state index is -0.694. The number of rotatable bonds is 6. The normalized spacial score (nSPS) is 35.4. The molecule has 0 aromatic carbocycles. The van der Waals surface area contributed by atoms with Gasteiger partial charge in [0.2, 0.25) is 0 Å². The summed E-state index contributed by atoms with van der Waals surface area (Å²) in [6, 6.07) is -0.315. The third-order valence-electron chi connectivity index (χ3n) is 8.36. The Morgan fingerprint density at radius 1 is 1.18 bits per heavy atom. The summed E-state index contributed by atoms with van der Waals surface area (Å²) in [6.45, 7) is 12.3. The summed E-state index contributed by atoms with van der Waals surface area (Å²) >= 11 is 0. The van der Waals surface area contributed by atoms with Crippen LogP contribution in [0, 0.1) is 29.1 Å². The average Bonchev–Trinajstić information content (AvgIpc) is 2.95. The van der Waals surface area contributed by atoms with E-state index in [9.17, 15) is 9.59 Å². The number of hydrogen-bond acceptors (Lipinski definition) is 3. The standard InChI is InChI=1S/C23H37N3O2/c1-15(2)7-10-23(20(27)24-21(28)25-23)17-8-11-26(12-9-17)14-16-5-6-18-13-19(16)22(18,3)4/h5,15,17-19H,6-14H2,1-4H3,(H2,24,25,27,28)/t18-,19-,23+/m0/s1. The fourth-order valence-electron chi connectivity index (χ4n) is 6.19. The molecule has 3 fully saturated rings. The van der Waals surface area contributed by atoms with E-state index in [-0.39, 0.29) is 17.9 Å². The number of urea groups is 1. The molecule has 5 nitrogen and oxygen atoms in total. The molecule has 0 unspecified atom stereocenters. The van der Waals surface area contributed by atoms with Gasteiger partial charge in [0, 0.05) is 6.54 Å². The maximum absolute atomic E-state index is 12.7. The Kier molecular flexibility index (Phi) is 5.09. The van der Waals surface area contributed by atoms with Crippen LogP contribution in [0.25, 0.3) is 0 Å². The number of hydrogen-bond donors (Lipinski definition) is 2. The van der Waals surface area contributed by atoms with Gasteiger partial charge >= 0.3 is 6.03 Å². The van der Waals surface area contributed by atoms with Gasteiger partial charge in [-0.05, 0) is 80.7 Å². The zero-order valence-corrected chi connectivity index (χ0v) is 18.0. The predicted molar refractivity (Wildman–Crippen MR) is 111 cm³/mol. The van der Waals surface area contributed by atoms with Gasteiger partial charge in [-0.1, -0.05) is 39.3 Å². The zero-order valence-electron chi connectivity index (χ0n) is 18.0. The van der Waals surface area contributed by atoms with Gasteiger partial charge in [-0.3, -0.25) is 15.0 Å². The first-order valence-corrected chi connectivity index (χ1v) is 11.3. The van der Waals surface area contributed by atoms with E-state index in [1.165, 1.54) is 12.8 Å². The highest BCUT2D eigenvalue weighted by Crippen LogP contribution is 2.59. The zero-order chi connectivity index (χ0) is 20.1. The van der Waals surface area contributed by atoms with E-state index >= 15 is 0 Å². The monoisotopic (exact) mass is 387 g/mol. The molecule has 2 heterocycles. The summed E-state index contributed by atoms with van der Waals surface area (Å²) in [5.74, 6) is 2.31. The summed E-state index contributed by atoms with van der Waals surface area (Å²) in [5.41, 5.74) is 1.43.